The Morgan fingerprint density at radius 1 is 1.08 bits per heavy atom. The minimum absolute atomic E-state index is 0.642. The second-order valence-corrected chi connectivity index (χ2v) is 6.86. The van der Waals surface area contributed by atoms with Crippen LogP contribution in [-0.4, -0.2) is 60.5 Å². The lowest BCUT2D eigenvalue weighted by Gasteiger charge is -2.33. The lowest BCUT2D eigenvalue weighted by molar-refractivity contribution is 0.0365. The average molecular weight is 343 g/mol. The highest BCUT2D eigenvalue weighted by Gasteiger charge is 2.26. The van der Waals surface area contributed by atoms with Crippen molar-refractivity contribution in [2.75, 3.05) is 44.3 Å². The van der Waals surface area contributed by atoms with Crippen LogP contribution in [-0.2, 0) is 17.6 Å². The van der Waals surface area contributed by atoms with Gasteiger partial charge in [0.05, 0.1) is 5.69 Å². The Morgan fingerprint density at radius 3 is 2.56 bits per heavy atom. The highest BCUT2D eigenvalue weighted by Crippen LogP contribution is 2.25. The van der Waals surface area contributed by atoms with Crippen molar-refractivity contribution in [3.05, 3.63) is 16.8 Å². The maximum atomic E-state index is 9.74. The van der Waals surface area contributed by atoms with E-state index in [-0.39, 0.29) is 0 Å². The second kappa shape index (κ2) is 8.59. The molecule has 0 radical (unpaired) electrons. The lowest BCUT2D eigenvalue weighted by Crippen LogP contribution is -2.41. The number of ether oxygens (including phenoxy) is 1. The quantitative estimate of drug-likeness (QED) is 0.835. The van der Waals surface area contributed by atoms with Crippen LogP contribution in [0, 0.1) is 11.3 Å². The van der Waals surface area contributed by atoms with E-state index in [0.29, 0.717) is 6.04 Å². The van der Waals surface area contributed by atoms with E-state index in [1.54, 1.807) is 0 Å². The lowest BCUT2D eigenvalue weighted by atomic mass is 10.0. The molecule has 0 amide bonds. The zero-order valence-corrected chi connectivity index (χ0v) is 15.5. The van der Waals surface area contributed by atoms with Gasteiger partial charge in [-0.1, -0.05) is 13.8 Å². The van der Waals surface area contributed by atoms with Gasteiger partial charge in [0.25, 0.3) is 0 Å². The van der Waals surface area contributed by atoms with E-state index in [0.717, 1.165) is 94.1 Å². The highest BCUT2D eigenvalue weighted by molar-refractivity contribution is 5.58. The zero-order chi connectivity index (χ0) is 17.6. The van der Waals surface area contributed by atoms with Crippen LogP contribution in [0.25, 0.3) is 0 Å². The number of anilines is 1. The van der Waals surface area contributed by atoms with Gasteiger partial charge in [-0.05, 0) is 37.7 Å². The summed E-state index contributed by atoms with van der Waals surface area (Å²) in [6.07, 6.45) is 5.02. The third-order valence-corrected chi connectivity index (χ3v) is 5.48. The molecule has 0 aromatic carbocycles. The molecule has 2 saturated heterocycles. The Labute approximate surface area is 150 Å². The summed E-state index contributed by atoms with van der Waals surface area (Å²) in [4.78, 5) is 4.87. The minimum Gasteiger partial charge on any atom is -0.381 e. The Bertz CT molecular complexity index is 621. The van der Waals surface area contributed by atoms with E-state index in [1.807, 2.05) is 0 Å². The molecule has 2 aliphatic heterocycles. The molecule has 25 heavy (non-hydrogen) atoms. The first-order valence-electron chi connectivity index (χ1n) is 9.63. The SMILES string of the molecule is CCc1nnc(N2CCCN(C3CCOCC3)CC2)c(C#N)c1CC. The van der Waals surface area contributed by atoms with Crippen molar-refractivity contribution in [3.63, 3.8) is 0 Å². The Morgan fingerprint density at radius 2 is 1.88 bits per heavy atom. The molecule has 3 heterocycles. The summed E-state index contributed by atoms with van der Waals surface area (Å²) in [6, 6.07) is 3.05. The fourth-order valence-corrected chi connectivity index (χ4v) is 4.07. The van der Waals surface area contributed by atoms with E-state index in [4.69, 9.17) is 4.74 Å². The van der Waals surface area contributed by atoms with Crippen molar-refractivity contribution in [3.8, 4) is 6.07 Å². The molecular weight excluding hydrogens is 314 g/mol. The largest absolute Gasteiger partial charge is 0.381 e. The third kappa shape index (κ3) is 3.94. The average Bonchev–Trinajstić information content (AvgIpc) is 2.93. The number of aromatic nitrogens is 2. The van der Waals surface area contributed by atoms with Crippen molar-refractivity contribution >= 4 is 5.82 Å². The van der Waals surface area contributed by atoms with Crippen LogP contribution < -0.4 is 4.90 Å². The zero-order valence-electron chi connectivity index (χ0n) is 15.5. The number of hydrogen-bond acceptors (Lipinski definition) is 6. The third-order valence-electron chi connectivity index (χ3n) is 5.48. The van der Waals surface area contributed by atoms with Crippen molar-refractivity contribution < 1.29 is 4.74 Å². The van der Waals surface area contributed by atoms with E-state index < -0.39 is 0 Å². The van der Waals surface area contributed by atoms with E-state index in [9.17, 15) is 5.26 Å². The molecule has 0 unspecified atom stereocenters. The summed E-state index contributed by atoms with van der Waals surface area (Å²) in [7, 11) is 0. The van der Waals surface area contributed by atoms with Gasteiger partial charge < -0.3 is 9.64 Å². The van der Waals surface area contributed by atoms with Gasteiger partial charge in [0.2, 0.25) is 0 Å². The number of rotatable bonds is 4. The Hall–Kier alpha value is -1.71. The summed E-state index contributed by atoms with van der Waals surface area (Å²) >= 11 is 0. The molecular formula is C19H29N5O. The van der Waals surface area contributed by atoms with Crippen LogP contribution in [0.2, 0.25) is 0 Å². The molecule has 2 aliphatic rings. The number of aryl methyl sites for hydroxylation is 1. The summed E-state index contributed by atoms with van der Waals surface area (Å²) in [5.41, 5.74) is 2.76. The van der Waals surface area contributed by atoms with Crippen LogP contribution in [0.15, 0.2) is 0 Å². The van der Waals surface area contributed by atoms with Gasteiger partial charge in [0.15, 0.2) is 5.82 Å². The summed E-state index contributed by atoms with van der Waals surface area (Å²) in [5.74, 6) is 0.783. The highest BCUT2D eigenvalue weighted by atomic mass is 16.5. The molecule has 0 bridgehead atoms. The van der Waals surface area contributed by atoms with E-state index >= 15 is 0 Å². The topological polar surface area (TPSA) is 65.3 Å². The second-order valence-electron chi connectivity index (χ2n) is 6.86. The van der Waals surface area contributed by atoms with Crippen LogP contribution >= 0.6 is 0 Å². The first kappa shape index (κ1) is 18.1. The fourth-order valence-electron chi connectivity index (χ4n) is 4.07. The van der Waals surface area contributed by atoms with Crippen molar-refractivity contribution in [2.45, 2.75) is 52.0 Å². The van der Waals surface area contributed by atoms with Gasteiger partial charge in [-0.2, -0.15) is 10.4 Å². The van der Waals surface area contributed by atoms with Crippen LogP contribution in [0.3, 0.4) is 0 Å². The Kier molecular flexibility index (Phi) is 6.22. The molecule has 0 saturated carbocycles. The van der Waals surface area contributed by atoms with E-state index in [2.05, 4.69) is 39.9 Å². The summed E-state index contributed by atoms with van der Waals surface area (Å²) < 4.78 is 5.50. The van der Waals surface area contributed by atoms with Gasteiger partial charge >= 0.3 is 0 Å². The number of nitriles is 1. The number of hydrogen-bond donors (Lipinski definition) is 0. The van der Waals surface area contributed by atoms with Gasteiger partial charge in [-0.25, -0.2) is 0 Å². The fraction of sp³-hybridized carbons (Fsp3) is 0.737. The standard InChI is InChI=1S/C19H29N5O/c1-3-16-17(14-20)19(22-21-18(16)4-2)24-9-5-8-23(10-11-24)15-6-12-25-13-7-15/h15H,3-13H2,1-2H3. The summed E-state index contributed by atoms with van der Waals surface area (Å²) in [5, 5.41) is 18.6. The van der Waals surface area contributed by atoms with Crippen molar-refractivity contribution in [2.24, 2.45) is 0 Å². The van der Waals surface area contributed by atoms with Crippen molar-refractivity contribution in [1.82, 2.24) is 15.1 Å². The normalized spacial score (nSPS) is 20.3. The molecule has 6 nitrogen and oxygen atoms in total. The van der Waals surface area contributed by atoms with Crippen LogP contribution in [0.5, 0.6) is 0 Å². The molecule has 6 heteroatoms. The number of nitrogens with zero attached hydrogens (tertiary/aromatic N) is 5. The summed E-state index contributed by atoms with van der Waals surface area (Å²) in [6.45, 7) is 9.92. The molecule has 1 aromatic rings. The minimum atomic E-state index is 0.642. The van der Waals surface area contributed by atoms with Crippen LogP contribution in [0.4, 0.5) is 5.82 Å². The molecule has 0 spiro atoms. The first-order valence-corrected chi connectivity index (χ1v) is 9.63. The van der Waals surface area contributed by atoms with Gasteiger partial charge in [0.1, 0.15) is 11.6 Å². The van der Waals surface area contributed by atoms with E-state index in [1.165, 1.54) is 0 Å². The van der Waals surface area contributed by atoms with Crippen molar-refractivity contribution in [1.29, 1.82) is 5.26 Å². The maximum absolute atomic E-state index is 9.74. The monoisotopic (exact) mass is 343 g/mol. The van der Waals surface area contributed by atoms with Gasteiger partial charge in [0, 0.05) is 45.4 Å². The smallest absolute Gasteiger partial charge is 0.169 e. The molecule has 0 N–H and O–H groups in total. The predicted octanol–water partition coefficient (Wildman–Crippen LogP) is 2.16. The Balaban J connectivity index is 1.77. The van der Waals surface area contributed by atoms with Crippen LogP contribution in [0.1, 0.15) is 49.9 Å². The molecule has 2 fully saturated rings. The first-order chi connectivity index (χ1) is 12.3. The molecule has 3 rings (SSSR count). The molecule has 0 aliphatic carbocycles. The van der Waals surface area contributed by atoms with Gasteiger partial charge in [-0.3, -0.25) is 4.90 Å². The molecule has 136 valence electrons. The molecule has 0 atom stereocenters. The molecule has 1 aromatic heterocycles. The maximum Gasteiger partial charge on any atom is 0.169 e. The van der Waals surface area contributed by atoms with Gasteiger partial charge in [-0.15, -0.1) is 5.10 Å². The predicted molar refractivity (Wildman–Crippen MR) is 97.7 cm³/mol.